The molecule has 1 amide bonds. The van der Waals surface area contributed by atoms with Gasteiger partial charge in [-0.15, -0.1) is 12.4 Å². The first-order valence-electron chi connectivity index (χ1n) is 10.0. The van der Waals surface area contributed by atoms with E-state index in [9.17, 15) is 13.2 Å². The summed E-state index contributed by atoms with van der Waals surface area (Å²) in [4.78, 5) is 12.6. The van der Waals surface area contributed by atoms with Crippen LogP contribution in [0.25, 0.3) is 0 Å². The molecule has 28 heavy (non-hydrogen) atoms. The highest BCUT2D eigenvalue weighted by molar-refractivity contribution is 7.89. The summed E-state index contributed by atoms with van der Waals surface area (Å²) in [6.07, 6.45) is 5.18. The van der Waals surface area contributed by atoms with E-state index in [1.54, 1.807) is 12.1 Å². The van der Waals surface area contributed by atoms with Crippen LogP contribution in [0, 0.1) is 12.8 Å². The van der Waals surface area contributed by atoms with Gasteiger partial charge in [0.1, 0.15) is 0 Å². The topological polar surface area (TPSA) is 78.5 Å². The van der Waals surface area contributed by atoms with Crippen LogP contribution in [0.2, 0.25) is 0 Å². The lowest BCUT2D eigenvalue weighted by molar-refractivity contribution is -0.122. The third-order valence-corrected chi connectivity index (χ3v) is 7.63. The Morgan fingerprint density at radius 3 is 2.32 bits per heavy atom. The fourth-order valence-corrected chi connectivity index (χ4v) is 5.37. The van der Waals surface area contributed by atoms with Crippen LogP contribution in [0.1, 0.15) is 44.1 Å². The number of sulfonamides is 1. The maximum atomic E-state index is 12.7. The standard InChI is InChI=1S/C20H31N3O3S.ClH/c1-16-2-5-19(6-3-16)27(25,26)23-14-10-18(11-15-23)22-20(24)7-4-17-8-12-21-13-9-17;/h2-3,5-6,17-18,21H,4,7-15H2,1H3,(H,22,24);1H. The zero-order chi connectivity index (χ0) is 19.3. The van der Waals surface area contributed by atoms with Gasteiger partial charge in [-0.1, -0.05) is 17.7 Å². The lowest BCUT2D eigenvalue weighted by atomic mass is 9.93. The average Bonchev–Trinajstić information content (AvgIpc) is 2.68. The summed E-state index contributed by atoms with van der Waals surface area (Å²) in [5, 5.41) is 6.45. The van der Waals surface area contributed by atoms with E-state index in [1.165, 1.54) is 4.31 Å². The van der Waals surface area contributed by atoms with Crippen LogP contribution in [0.15, 0.2) is 29.2 Å². The molecule has 0 radical (unpaired) electrons. The van der Waals surface area contributed by atoms with E-state index < -0.39 is 10.0 Å². The van der Waals surface area contributed by atoms with Crippen LogP contribution in [0.4, 0.5) is 0 Å². The highest BCUT2D eigenvalue weighted by atomic mass is 35.5. The molecule has 0 bridgehead atoms. The normalized spacial score (nSPS) is 19.8. The molecule has 0 unspecified atom stereocenters. The predicted molar refractivity (Wildman–Crippen MR) is 113 cm³/mol. The van der Waals surface area contributed by atoms with Gasteiger partial charge < -0.3 is 10.6 Å². The lowest BCUT2D eigenvalue weighted by Crippen LogP contribution is -2.46. The summed E-state index contributed by atoms with van der Waals surface area (Å²) in [6, 6.07) is 7.05. The first-order valence-corrected chi connectivity index (χ1v) is 11.5. The molecule has 2 saturated heterocycles. The first kappa shape index (κ1) is 23.1. The number of carbonyl (C=O) groups is 1. The number of benzene rings is 1. The molecule has 158 valence electrons. The van der Waals surface area contributed by atoms with Crippen molar-refractivity contribution in [2.45, 2.75) is 56.4 Å². The maximum Gasteiger partial charge on any atom is 0.243 e. The molecule has 1 aromatic rings. The number of rotatable bonds is 6. The Morgan fingerprint density at radius 1 is 1.11 bits per heavy atom. The summed E-state index contributed by atoms with van der Waals surface area (Å²) in [6.45, 7) is 4.96. The molecule has 0 atom stereocenters. The number of nitrogens with zero attached hydrogens (tertiary/aromatic N) is 1. The van der Waals surface area contributed by atoms with Gasteiger partial charge in [0.25, 0.3) is 0 Å². The summed E-state index contributed by atoms with van der Waals surface area (Å²) in [7, 11) is -3.44. The second-order valence-electron chi connectivity index (χ2n) is 7.79. The van der Waals surface area contributed by atoms with Crippen molar-refractivity contribution in [1.29, 1.82) is 0 Å². The van der Waals surface area contributed by atoms with Gasteiger partial charge in [0.05, 0.1) is 4.90 Å². The Balaban J connectivity index is 0.00000280. The van der Waals surface area contributed by atoms with Crippen LogP contribution >= 0.6 is 12.4 Å². The largest absolute Gasteiger partial charge is 0.353 e. The van der Waals surface area contributed by atoms with Crippen LogP contribution in [-0.2, 0) is 14.8 Å². The highest BCUT2D eigenvalue weighted by Gasteiger charge is 2.29. The highest BCUT2D eigenvalue weighted by Crippen LogP contribution is 2.22. The Kier molecular flexibility index (Phi) is 8.74. The molecule has 3 rings (SSSR count). The van der Waals surface area contributed by atoms with E-state index in [0.29, 0.717) is 43.2 Å². The van der Waals surface area contributed by atoms with E-state index in [2.05, 4.69) is 10.6 Å². The van der Waals surface area contributed by atoms with E-state index in [4.69, 9.17) is 0 Å². The SMILES string of the molecule is Cc1ccc(S(=O)(=O)N2CCC(NC(=O)CCC3CCNCC3)CC2)cc1.Cl. The Hall–Kier alpha value is -1.15. The number of hydrogen-bond acceptors (Lipinski definition) is 4. The van der Waals surface area contributed by atoms with Crippen molar-refractivity contribution in [3.05, 3.63) is 29.8 Å². The van der Waals surface area contributed by atoms with Gasteiger partial charge in [0.2, 0.25) is 15.9 Å². The molecular weight excluding hydrogens is 398 g/mol. The Bertz CT molecular complexity index is 726. The molecule has 0 aliphatic carbocycles. The number of carbonyl (C=O) groups excluding carboxylic acids is 1. The van der Waals surface area contributed by atoms with Crippen LogP contribution in [-0.4, -0.2) is 50.9 Å². The minimum atomic E-state index is -3.44. The first-order chi connectivity index (χ1) is 12.9. The molecule has 1 aromatic carbocycles. The van der Waals surface area contributed by atoms with Gasteiger partial charge in [-0.2, -0.15) is 4.31 Å². The van der Waals surface area contributed by atoms with Crippen molar-refractivity contribution in [3.8, 4) is 0 Å². The molecule has 0 spiro atoms. The third kappa shape index (κ3) is 6.17. The minimum absolute atomic E-state index is 0. The van der Waals surface area contributed by atoms with Gasteiger partial charge in [-0.05, 0) is 70.2 Å². The Labute approximate surface area is 174 Å². The fourth-order valence-electron chi connectivity index (χ4n) is 3.91. The van der Waals surface area contributed by atoms with Crippen LogP contribution in [0.3, 0.4) is 0 Å². The second-order valence-corrected chi connectivity index (χ2v) is 9.73. The van der Waals surface area contributed by atoms with Crippen molar-refractivity contribution in [2.24, 2.45) is 5.92 Å². The smallest absolute Gasteiger partial charge is 0.243 e. The molecule has 0 aromatic heterocycles. The molecule has 2 fully saturated rings. The minimum Gasteiger partial charge on any atom is -0.353 e. The van der Waals surface area contributed by atoms with Gasteiger partial charge in [0.15, 0.2) is 0 Å². The monoisotopic (exact) mass is 429 g/mol. The zero-order valence-corrected chi connectivity index (χ0v) is 18.2. The quantitative estimate of drug-likeness (QED) is 0.728. The number of piperidine rings is 2. The van der Waals surface area contributed by atoms with Gasteiger partial charge in [0, 0.05) is 25.6 Å². The van der Waals surface area contributed by atoms with Crippen molar-refractivity contribution < 1.29 is 13.2 Å². The molecule has 2 aliphatic heterocycles. The van der Waals surface area contributed by atoms with E-state index in [1.807, 2.05) is 19.1 Å². The summed E-state index contributed by atoms with van der Waals surface area (Å²) in [5.41, 5.74) is 1.04. The molecule has 8 heteroatoms. The molecule has 2 heterocycles. The molecule has 6 nitrogen and oxygen atoms in total. The number of hydrogen-bond donors (Lipinski definition) is 2. The van der Waals surface area contributed by atoms with E-state index in [-0.39, 0.29) is 24.4 Å². The second kappa shape index (κ2) is 10.6. The lowest BCUT2D eigenvalue weighted by Gasteiger charge is -2.31. The molecule has 2 N–H and O–H groups in total. The molecular formula is C20H32ClN3O3S. The summed E-state index contributed by atoms with van der Waals surface area (Å²) in [5.74, 6) is 0.756. The fraction of sp³-hybridized carbons (Fsp3) is 0.650. The van der Waals surface area contributed by atoms with Crippen molar-refractivity contribution in [3.63, 3.8) is 0 Å². The zero-order valence-electron chi connectivity index (χ0n) is 16.5. The van der Waals surface area contributed by atoms with Crippen LogP contribution < -0.4 is 10.6 Å². The predicted octanol–water partition coefficient (Wildman–Crippen LogP) is 2.47. The number of halogens is 1. The number of nitrogens with one attached hydrogen (secondary N) is 2. The number of aryl methyl sites for hydroxylation is 1. The maximum absolute atomic E-state index is 12.7. The Morgan fingerprint density at radius 2 is 1.71 bits per heavy atom. The van der Waals surface area contributed by atoms with E-state index >= 15 is 0 Å². The van der Waals surface area contributed by atoms with E-state index in [0.717, 1.165) is 37.9 Å². The molecule has 2 aliphatic rings. The van der Waals surface area contributed by atoms with Gasteiger partial charge >= 0.3 is 0 Å². The summed E-state index contributed by atoms with van der Waals surface area (Å²) >= 11 is 0. The van der Waals surface area contributed by atoms with Crippen molar-refractivity contribution in [1.82, 2.24) is 14.9 Å². The van der Waals surface area contributed by atoms with Crippen molar-refractivity contribution in [2.75, 3.05) is 26.2 Å². The van der Waals surface area contributed by atoms with Crippen molar-refractivity contribution >= 4 is 28.3 Å². The van der Waals surface area contributed by atoms with Crippen LogP contribution in [0.5, 0.6) is 0 Å². The third-order valence-electron chi connectivity index (χ3n) is 5.72. The number of amides is 1. The average molecular weight is 430 g/mol. The molecule has 0 saturated carbocycles. The van der Waals surface area contributed by atoms with Gasteiger partial charge in [-0.3, -0.25) is 4.79 Å². The summed E-state index contributed by atoms with van der Waals surface area (Å²) < 4.78 is 27.0. The van der Waals surface area contributed by atoms with Gasteiger partial charge in [-0.25, -0.2) is 8.42 Å².